The summed E-state index contributed by atoms with van der Waals surface area (Å²) in [6, 6.07) is 6.94. The Balaban J connectivity index is 1.60. The van der Waals surface area contributed by atoms with E-state index >= 15 is 0 Å². The molecule has 18 heavy (non-hydrogen) atoms. The fourth-order valence-electron chi connectivity index (χ4n) is 2.82. The van der Waals surface area contributed by atoms with Crippen LogP contribution in [0.5, 0.6) is 0 Å². The maximum Gasteiger partial charge on any atom is 0.123 e. The Morgan fingerprint density at radius 2 is 1.67 bits per heavy atom. The van der Waals surface area contributed by atoms with Gasteiger partial charge in [-0.2, -0.15) is 0 Å². The van der Waals surface area contributed by atoms with Gasteiger partial charge in [-0.25, -0.2) is 4.39 Å². The number of benzene rings is 1. The molecule has 1 aromatic rings. The van der Waals surface area contributed by atoms with E-state index in [-0.39, 0.29) is 5.82 Å². The van der Waals surface area contributed by atoms with Crippen molar-refractivity contribution in [2.75, 3.05) is 0 Å². The number of aryl methyl sites for hydroxylation is 1. The summed E-state index contributed by atoms with van der Waals surface area (Å²) in [5.41, 5.74) is 1.26. The number of halogens is 2. The van der Waals surface area contributed by atoms with Crippen LogP contribution in [0.25, 0.3) is 0 Å². The minimum Gasteiger partial charge on any atom is -0.207 e. The molecule has 2 heteroatoms. The van der Waals surface area contributed by atoms with Crippen LogP contribution in [0.3, 0.4) is 0 Å². The maximum absolute atomic E-state index is 12.7. The van der Waals surface area contributed by atoms with Gasteiger partial charge in [0, 0.05) is 4.83 Å². The number of alkyl halides is 1. The quantitative estimate of drug-likeness (QED) is 0.498. The average molecular weight is 313 g/mol. The number of hydrogen-bond acceptors (Lipinski definition) is 0. The molecular formula is C16H22BrF. The highest BCUT2D eigenvalue weighted by atomic mass is 79.9. The Labute approximate surface area is 118 Å². The van der Waals surface area contributed by atoms with Crippen LogP contribution in [0.2, 0.25) is 0 Å². The van der Waals surface area contributed by atoms with Crippen LogP contribution in [0, 0.1) is 11.7 Å². The van der Waals surface area contributed by atoms with Gasteiger partial charge in [0.05, 0.1) is 0 Å². The van der Waals surface area contributed by atoms with Gasteiger partial charge >= 0.3 is 0 Å². The van der Waals surface area contributed by atoms with E-state index in [1.807, 2.05) is 12.1 Å². The molecule has 2 rings (SSSR count). The molecule has 0 unspecified atom stereocenters. The molecule has 1 saturated carbocycles. The molecular weight excluding hydrogens is 291 g/mol. The van der Waals surface area contributed by atoms with E-state index in [9.17, 15) is 4.39 Å². The summed E-state index contributed by atoms with van der Waals surface area (Å²) in [6.45, 7) is 0. The predicted octanol–water partition coefficient (Wildman–Crippen LogP) is 5.49. The smallest absolute Gasteiger partial charge is 0.123 e. The second kappa shape index (κ2) is 7.28. The van der Waals surface area contributed by atoms with Crippen molar-refractivity contribution in [2.45, 2.75) is 56.2 Å². The lowest BCUT2D eigenvalue weighted by atomic mass is 9.85. The lowest BCUT2D eigenvalue weighted by molar-refractivity contribution is 0.338. The molecule has 100 valence electrons. The summed E-state index contributed by atoms with van der Waals surface area (Å²) < 4.78 is 12.7. The Morgan fingerprint density at radius 3 is 2.33 bits per heavy atom. The molecule has 0 atom stereocenters. The summed E-state index contributed by atoms with van der Waals surface area (Å²) in [7, 11) is 0. The van der Waals surface area contributed by atoms with Gasteiger partial charge in [0.25, 0.3) is 0 Å². The van der Waals surface area contributed by atoms with Gasteiger partial charge in [-0.05, 0) is 62.1 Å². The zero-order valence-electron chi connectivity index (χ0n) is 10.9. The van der Waals surface area contributed by atoms with E-state index in [4.69, 9.17) is 0 Å². The van der Waals surface area contributed by atoms with Crippen LogP contribution in [-0.2, 0) is 6.42 Å². The van der Waals surface area contributed by atoms with Gasteiger partial charge < -0.3 is 0 Å². The van der Waals surface area contributed by atoms with Gasteiger partial charge in [-0.1, -0.05) is 40.9 Å². The Morgan fingerprint density at radius 1 is 1.00 bits per heavy atom. The lowest BCUT2D eigenvalue weighted by Crippen LogP contribution is -2.13. The van der Waals surface area contributed by atoms with Crippen LogP contribution in [0.4, 0.5) is 4.39 Å². The van der Waals surface area contributed by atoms with Gasteiger partial charge in [-0.3, -0.25) is 0 Å². The highest BCUT2D eigenvalue weighted by Crippen LogP contribution is 2.31. The average Bonchev–Trinajstić information content (AvgIpc) is 2.39. The van der Waals surface area contributed by atoms with Crippen LogP contribution in [0.1, 0.15) is 50.5 Å². The zero-order valence-corrected chi connectivity index (χ0v) is 12.5. The molecule has 0 heterocycles. The van der Waals surface area contributed by atoms with Crippen molar-refractivity contribution in [1.29, 1.82) is 0 Å². The second-order valence-electron chi connectivity index (χ2n) is 5.49. The second-order valence-corrected chi connectivity index (χ2v) is 6.79. The van der Waals surface area contributed by atoms with Crippen molar-refractivity contribution in [3.8, 4) is 0 Å². The third-order valence-electron chi connectivity index (χ3n) is 4.02. The predicted molar refractivity (Wildman–Crippen MR) is 78.6 cm³/mol. The number of rotatable bonds is 5. The highest BCUT2D eigenvalue weighted by molar-refractivity contribution is 9.09. The molecule has 0 saturated heterocycles. The Hall–Kier alpha value is -0.370. The van der Waals surface area contributed by atoms with Gasteiger partial charge in [0.15, 0.2) is 0 Å². The topological polar surface area (TPSA) is 0 Å². The largest absolute Gasteiger partial charge is 0.207 e. The first-order chi connectivity index (χ1) is 8.74. The number of unbranched alkanes of at least 4 members (excludes halogenated alkanes) is 1. The van der Waals surface area contributed by atoms with Crippen molar-refractivity contribution in [2.24, 2.45) is 5.92 Å². The first-order valence-electron chi connectivity index (χ1n) is 7.12. The van der Waals surface area contributed by atoms with Crippen LogP contribution < -0.4 is 0 Å². The fraction of sp³-hybridized carbons (Fsp3) is 0.625. The molecule has 0 spiro atoms. The van der Waals surface area contributed by atoms with E-state index < -0.39 is 0 Å². The van der Waals surface area contributed by atoms with E-state index in [2.05, 4.69) is 15.9 Å². The van der Waals surface area contributed by atoms with Gasteiger partial charge in [-0.15, -0.1) is 0 Å². The highest BCUT2D eigenvalue weighted by Gasteiger charge is 2.18. The summed E-state index contributed by atoms with van der Waals surface area (Å²) >= 11 is 3.70. The standard InChI is InChI=1S/C16H22BrF/c17-15-9-5-13(6-10-15)3-1-2-4-14-7-11-16(18)12-8-14/h7-8,11-13,15H,1-6,9-10H2. The van der Waals surface area contributed by atoms with Gasteiger partial charge in [0.1, 0.15) is 5.82 Å². The van der Waals surface area contributed by atoms with E-state index in [0.29, 0.717) is 0 Å². The molecule has 1 aromatic carbocycles. The first-order valence-corrected chi connectivity index (χ1v) is 8.04. The molecule has 1 fully saturated rings. The lowest BCUT2D eigenvalue weighted by Gasteiger charge is -2.25. The van der Waals surface area contributed by atoms with Crippen molar-refractivity contribution in [3.63, 3.8) is 0 Å². The third-order valence-corrected chi connectivity index (χ3v) is 4.93. The molecule has 0 radical (unpaired) electrons. The summed E-state index contributed by atoms with van der Waals surface area (Å²) in [5.74, 6) is 0.817. The molecule has 1 aliphatic rings. The summed E-state index contributed by atoms with van der Waals surface area (Å²) in [5, 5.41) is 0. The summed E-state index contributed by atoms with van der Waals surface area (Å²) in [6.07, 6.45) is 10.5. The molecule has 0 aliphatic heterocycles. The van der Waals surface area contributed by atoms with Crippen LogP contribution in [0.15, 0.2) is 24.3 Å². The van der Waals surface area contributed by atoms with Crippen LogP contribution in [-0.4, -0.2) is 4.83 Å². The third kappa shape index (κ3) is 4.72. The Kier molecular flexibility index (Phi) is 5.68. The van der Waals surface area contributed by atoms with Crippen molar-refractivity contribution in [3.05, 3.63) is 35.6 Å². The zero-order chi connectivity index (χ0) is 12.8. The monoisotopic (exact) mass is 312 g/mol. The molecule has 0 nitrogen and oxygen atoms in total. The van der Waals surface area contributed by atoms with E-state index in [0.717, 1.165) is 17.2 Å². The number of hydrogen-bond donors (Lipinski definition) is 0. The van der Waals surface area contributed by atoms with E-state index in [1.54, 1.807) is 12.1 Å². The molecule has 0 N–H and O–H groups in total. The van der Waals surface area contributed by atoms with E-state index in [1.165, 1.54) is 50.5 Å². The molecule has 0 amide bonds. The van der Waals surface area contributed by atoms with Crippen molar-refractivity contribution < 1.29 is 4.39 Å². The van der Waals surface area contributed by atoms with Crippen molar-refractivity contribution in [1.82, 2.24) is 0 Å². The molecule has 0 bridgehead atoms. The molecule has 1 aliphatic carbocycles. The summed E-state index contributed by atoms with van der Waals surface area (Å²) in [4.78, 5) is 0.771. The van der Waals surface area contributed by atoms with Crippen LogP contribution >= 0.6 is 15.9 Å². The molecule has 0 aromatic heterocycles. The SMILES string of the molecule is Fc1ccc(CCCCC2CCC(Br)CC2)cc1. The van der Waals surface area contributed by atoms with Gasteiger partial charge in [0.2, 0.25) is 0 Å². The minimum atomic E-state index is -0.134. The minimum absolute atomic E-state index is 0.134. The first kappa shape index (κ1) is 14.0. The normalized spacial score (nSPS) is 24.1. The van der Waals surface area contributed by atoms with Crippen molar-refractivity contribution >= 4 is 15.9 Å². The maximum atomic E-state index is 12.7. The fourth-order valence-corrected chi connectivity index (χ4v) is 3.35. The Bertz CT molecular complexity index is 339.